The number of ether oxygens (including phenoxy) is 1. The molecule has 0 atom stereocenters. The summed E-state index contributed by atoms with van der Waals surface area (Å²) in [5, 5.41) is 5.56. The van der Waals surface area contributed by atoms with Crippen molar-refractivity contribution in [3.8, 4) is 11.5 Å². The van der Waals surface area contributed by atoms with Gasteiger partial charge in [-0.05, 0) is 49.4 Å². The molecular weight excluding hydrogens is 340 g/mol. The molecule has 3 rings (SSSR count). The van der Waals surface area contributed by atoms with Crippen LogP contribution in [0.15, 0.2) is 78.9 Å². The average molecular weight is 360 g/mol. The van der Waals surface area contributed by atoms with E-state index in [4.69, 9.17) is 4.74 Å². The molecule has 3 aromatic rings. The van der Waals surface area contributed by atoms with Gasteiger partial charge in [-0.2, -0.15) is 0 Å². The van der Waals surface area contributed by atoms with Gasteiger partial charge >= 0.3 is 0 Å². The maximum atomic E-state index is 12.7. The van der Waals surface area contributed by atoms with Crippen molar-refractivity contribution in [3.05, 3.63) is 90.0 Å². The molecule has 0 unspecified atom stereocenters. The van der Waals surface area contributed by atoms with E-state index in [0.29, 0.717) is 34.9 Å². The summed E-state index contributed by atoms with van der Waals surface area (Å²) in [5.74, 6) is 0.619. The number of benzene rings is 3. The molecule has 27 heavy (non-hydrogen) atoms. The van der Waals surface area contributed by atoms with E-state index in [2.05, 4.69) is 10.6 Å². The van der Waals surface area contributed by atoms with Crippen LogP contribution in [0.2, 0.25) is 0 Å². The van der Waals surface area contributed by atoms with Crippen molar-refractivity contribution in [2.24, 2.45) is 0 Å². The fourth-order valence-corrected chi connectivity index (χ4v) is 2.56. The van der Waals surface area contributed by atoms with Crippen LogP contribution in [0.5, 0.6) is 11.5 Å². The van der Waals surface area contributed by atoms with Gasteiger partial charge in [0.05, 0.1) is 5.56 Å². The minimum atomic E-state index is -0.311. The number of carbonyl (C=O) groups is 2. The second-order valence-electron chi connectivity index (χ2n) is 5.81. The van der Waals surface area contributed by atoms with E-state index < -0.39 is 0 Å². The fraction of sp³-hybridized carbons (Fsp3) is 0.0909. The summed E-state index contributed by atoms with van der Waals surface area (Å²) in [4.78, 5) is 24.7. The van der Waals surface area contributed by atoms with Crippen LogP contribution in [-0.2, 0) is 0 Å². The lowest BCUT2D eigenvalue weighted by Gasteiger charge is -2.12. The summed E-state index contributed by atoms with van der Waals surface area (Å²) in [7, 11) is 0. The summed E-state index contributed by atoms with van der Waals surface area (Å²) in [6.07, 6.45) is 0. The molecule has 0 aliphatic rings. The van der Waals surface area contributed by atoms with Crippen LogP contribution >= 0.6 is 0 Å². The Labute approximate surface area is 158 Å². The fourth-order valence-electron chi connectivity index (χ4n) is 2.56. The molecule has 0 aliphatic heterocycles. The SMILES string of the molecule is CCNC(=O)c1cccc(NC(=O)c2ccccc2Oc2ccccc2)c1. The van der Waals surface area contributed by atoms with Gasteiger partial charge in [0.1, 0.15) is 11.5 Å². The van der Waals surface area contributed by atoms with Gasteiger partial charge in [-0.25, -0.2) is 0 Å². The van der Waals surface area contributed by atoms with Gasteiger partial charge in [0, 0.05) is 17.8 Å². The minimum Gasteiger partial charge on any atom is -0.457 e. The van der Waals surface area contributed by atoms with Gasteiger partial charge < -0.3 is 15.4 Å². The zero-order valence-electron chi connectivity index (χ0n) is 14.9. The Morgan fingerprint density at radius 1 is 0.852 bits per heavy atom. The Bertz CT molecular complexity index is 939. The van der Waals surface area contributed by atoms with E-state index in [1.54, 1.807) is 42.5 Å². The second kappa shape index (κ2) is 8.67. The second-order valence-corrected chi connectivity index (χ2v) is 5.81. The summed E-state index contributed by atoms with van der Waals surface area (Å²) >= 11 is 0. The van der Waals surface area contributed by atoms with E-state index in [0.717, 1.165) is 0 Å². The molecule has 3 aromatic carbocycles. The number of rotatable bonds is 6. The van der Waals surface area contributed by atoms with Crippen molar-refractivity contribution in [1.82, 2.24) is 5.32 Å². The Kier molecular flexibility index (Phi) is 5.84. The molecule has 0 aliphatic carbocycles. The summed E-state index contributed by atoms with van der Waals surface area (Å²) < 4.78 is 5.84. The van der Waals surface area contributed by atoms with Gasteiger partial charge in [0.15, 0.2) is 0 Å². The van der Waals surface area contributed by atoms with E-state index in [1.807, 2.05) is 43.3 Å². The smallest absolute Gasteiger partial charge is 0.259 e. The Balaban J connectivity index is 1.79. The highest BCUT2D eigenvalue weighted by Crippen LogP contribution is 2.26. The first kappa shape index (κ1) is 18.2. The van der Waals surface area contributed by atoms with Crippen molar-refractivity contribution in [1.29, 1.82) is 0 Å². The Hall–Kier alpha value is -3.60. The van der Waals surface area contributed by atoms with Gasteiger partial charge in [-0.3, -0.25) is 9.59 Å². The largest absolute Gasteiger partial charge is 0.457 e. The summed E-state index contributed by atoms with van der Waals surface area (Å²) in [5.41, 5.74) is 1.44. The number of amides is 2. The van der Waals surface area contributed by atoms with Crippen LogP contribution < -0.4 is 15.4 Å². The average Bonchev–Trinajstić information content (AvgIpc) is 2.69. The molecule has 0 spiro atoms. The highest BCUT2D eigenvalue weighted by molar-refractivity contribution is 6.07. The van der Waals surface area contributed by atoms with Crippen molar-refractivity contribution in [2.45, 2.75) is 6.92 Å². The van der Waals surface area contributed by atoms with Gasteiger partial charge in [-0.1, -0.05) is 36.4 Å². The van der Waals surface area contributed by atoms with E-state index >= 15 is 0 Å². The summed E-state index contributed by atoms with van der Waals surface area (Å²) in [6.45, 7) is 2.40. The highest BCUT2D eigenvalue weighted by Gasteiger charge is 2.14. The molecule has 2 N–H and O–H groups in total. The number of nitrogens with one attached hydrogen (secondary N) is 2. The number of hydrogen-bond acceptors (Lipinski definition) is 3. The first-order valence-corrected chi connectivity index (χ1v) is 8.69. The van der Waals surface area contributed by atoms with Crippen molar-refractivity contribution >= 4 is 17.5 Å². The molecular formula is C22H20N2O3. The minimum absolute atomic E-state index is 0.179. The van der Waals surface area contributed by atoms with E-state index in [-0.39, 0.29) is 11.8 Å². The van der Waals surface area contributed by atoms with Gasteiger partial charge in [0.2, 0.25) is 0 Å². The number of anilines is 1. The highest BCUT2D eigenvalue weighted by atomic mass is 16.5. The number of hydrogen-bond donors (Lipinski definition) is 2. The van der Waals surface area contributed by atoms with E-state index in [1.165, 1.54) is 0 Å². The third kappa shape index (κ3) is 4.73. The monoisotopic (exact) mass is 360 g/mol. The van der Waals surface area contributed by atoms with Crippen molar-refractivity contribution in [3.63, 3.8) is 0 Å². The predicted molar refractivity (Wildman–Crippen MR) is 105 cm³/mol. The topological polar surface area (TPSA) is 67.4 Å². The third-order valence-electron chi connectivity index (χ3n) is 3.82. The third-order valence-corrected chi connectivity index (χ3v) is 3.82. The van der Waals surface area contributed by atoms with Crippen LogP contribution in [0.3, 0.4) is 0 Å². The lowest BCUT2D eigenvalue weighted by Crippen LogP contribution is -2.22. The first-order valence-electron chi connectivity index (χ1n) is 8.69. The van der Waals surface area contributed by atoms with Gasteiger partial charge in [-0.15, -0.1) is 0 Å². The maximum Gasteiger partial charge on any atom is 0.259 e. The molecule has 0 saturated heterocycles. The summed E-state index contributed by atoms with van der Waals surface area (Å²) in [6, 6.07) is 23.1. The normalized spacial score (nSPS) is 10.1. The molecule has 0 aromatic heterocycles. The lowest BCUT2D eigenvalue weighted by molar-refractivity contribution is 0.0954. The predicted octanol–water partition coefficient (Wildman–Crippen LogP) is 4.48. The first-order chi connectivity index (χ1) is 13.2. The van der Waals surface area contributed by atoms with Gasteiger partial charge in [0.25, 0.3) is 11.8 Å². The molecule has 0 fully saturated rings. The zero-order chi connectivity index (χ0) is 19.1. The van der Waals surface area contributed by atoms with Crippen LogP contribution in [0.4, 0.5) is 5.69 Å². The zero-order valence-corrected chi connectivity index (χ0v) is 14.9. The molecule has 2 amide bonds. The number of carbonyl (C=O) groups excluding carboxylic acids is 2. The lowest BCUT2D eigenvalue weighted by atomic mass is 10.1. The number of para-hydroxylation sites is 2. The molecule has 0 saturated carbocycles. The molecule has 0 radical (unpaired) electrons. The Morgan fingerprint density at radius 3 is 2.37 bits per heavy atom. The van der Waals surface area contributed by atoms with E-state index in [9.17, 15) is 9.59 Å². The molecule has 5 nitrogen and oxygen atoms in total. The van der Waals surface area contributed by atoms with Crippen LogP contribution in [0.1, 0.15) is 27.6 Å². The molecule has 0 bridgehead atoms. The molecule has 0 heterocycles. The van der Waals surface area contributed by atoms with Crippen LogP contribution in [-0.4, -0.2) is 18.4 Å². The van der Waals surface area contributed by atoms with Crippen LogP contribution in [0, 0.1) is 0 Å². The molecule has 136 valence electrons. The molecule has 5 heteroatoms. The Morgan fingerprint density at radius 2 is 1.59 bits per heavy atom. The van der Waals surface area contributed by atoms with Crippen molar-refractivity contribution < 1.29 is 14.3 Å². The standard InChI is InChI=1S/C22H20N2O3/c1-2-23-21(25)16-9-8-10-17(15-16)24-22(26)19-13-6-7-14-20(19)27-18-11-4-3-5-12-18/h3-15H,2H2,1H3,(H,23,25)(H,24,26). The quantitative estimate of drug-likeness (QED) is 0.681. The maximum absolute atomic E-state index is 12.7. The van der Waals surface area contributed by atoms with Crippen molar-refractivity contribution in [2.75, 3.05) is 11.9 Å². The van der Waals surface area contributed by atoms with Crippen LogP contribution in [0.25, 0.3) is 0 Å².